The predicted octanol–water partition coefficient (Wildman–Crippen LogP) is 3.29. The molecule has 1 heterocycles. The maximum Gasteiger partial charge on any atom is 0.191 e. The highest BCUT2D eigenvalue weighted by atomic mass is 32.1. The molecule has 1 saturated carbocycles. The fourth-order valence-corrected chi connectivity index (χ4v) is 3.31. The summed E-state index contributed by atoms with van der Waals surface area (Å²) in [4.78, 5) is 8.77. The number of hydrogen-bond donors (Lipinski definition) is 2. The Labute approximate surface area is 153 Å². The summed E-state index contributed by atoms with van der Waals surface area (Å²) in [5, 5.41) is 9.93. The number of aliphatic imine (C=N–C) groups is 1. The minimum atomic E-state index is 0.389. The molecule has 0 spiro atoms. The fourth-order valence-electron chi connectivity index (χ4n) is 2.66. The monoisotopic (exact) mass is 358 g/mol. The number of nitrogens with zero attached hydrogens (tertiary/aromatic N) is 2. The molecule has 0 bridgehead atoms. The first kappa shape index (κ1) is 17.7. The summed E-state index contributed by atoms with van der Waals surface area (Å²) < 4.78 is 6.08. The summed E-state index contributed by atoms with van der Waals surface area (Å²) in [6.45, 7) is 3.53. The Hall–Kier alpha value is -2.08. The lowest BCUT2D eigenvalue weighted by Crippen LogP contribution is -2.38. The van der Waals surface area contributed by atoms with Crippen LogP contribution in [-0.4, -0.2) is 30.6 Å². The third-order valence-corrected chi connectivity index (χ3v) is 5.15. The number of hydrogen-bond acceptors (Lipinski definition) is 4. The van der Waals surface area contributed by atoms with Gasteiger partial charge < -0.3 is 15.4 Å². The van der Waals surface area contributed by atoms with Gasteiger partial charge in [-0.1, -0.05) is 18.2 Å². The summed E-state index contributed by atoms with van der Waals surface area (Å²) in [5.74, 6) is 1.78. The minimum absolute atomic E-state index is 0.389. The average Bonchev–Trinajstić information content (AvgIpc) is 3.00. The summed E-state index contributed by atoms with van der Waals surface area (Å²) in [6, 6.07) is 8.23. The second kappa shape index (κ2) is 8.85. The van der Waals surface area contributed by atoms with E-state index in [0.717, 1.165) is 40.9 Å². The zero-order valence-electron chi connectivity index (χ0n) is 14.9. The quantitative estimate of drug-likeness (QED) is 0.589. The van der Waals surface area contributed by atoms with E-state index in [2.05, 4.69) is 38.1 Å². The zero-order chi connectivity index (χ0) is 17.5. The van der Waals surface area contributed by atoms with Crippen LogP contribution in [0.15, 0.2) is 34.6 Å². The lowest BCUT2D eigenvalue weighted by molar-refractivity contribution is 0.119. The van der Waals surface area contributed by atoms with Gasteiger partial charge >= 0.3 is 0 Å². The van der Waals surface area contributed by atoms with Gasteiger partial charge in [0.25, 0.3) is 0 Å². The van der Waals surface area contributed by atoms with Gasteiger partial charge in [-0.2, -0.15) is 0 Å². The van der Waals surface area contributed by atoms with Gasteiger partial charge in [0.2, 0.25) is 0 Å². The van der Waals surface area contributed by atoms with Crippen LogP contribution < -0.4 is 15.4 Å². The van der Waals surface area contributed by atoms with Crippen molar-refractivity contribution in [1.82, 2.24) is 15.6 Å². The number of ether oxygens (including phenoxy) is 1. The number of aromatic nitrogens is 1. The molecule has 6 heteroatoms. The van der Waals surface area contributed by atoms with Crippen molar-refractivity contribution < 1.29 is 4.74 Å². The maximum absolute atomic E-state index is 6.08. The lowest BCUT2D eigenvalue weighted by Gasteiger charge is -2.27. The van der Waals surface area contributed by atoms with Crippen molar-refractivity contribution in [2.45, 2.75) is 45.3 Å². The molecule has 25 heavy (non-hydrogen) atoms. The van der Waals surface area contributed by atoms with Crippen LogP contribution in [-0.2, 0) is 13.0 Å². The number of para-hydroxylation sites is 1. The van der Waals surface area contributed by atoms with Crippen LogP contribution in [0, 0.1) is 6.92 Å². The molecule has 0 atom stereocenters. The molecule has 0 unspecified atom stereocenters. The van der Waals surface area contributed by atoms with Crippen molar-refractivity contribution in [2.75, 3.05) is 13.6 Å². The van der Waals surface area contributed by atoms with E-state index >= 15 is 0 Å². The standard InChI is InChI=1S/C19H26N4OS/c1-14-23-16(13-25-14)10-11-21-19(20-2)22-12-15-6-3-4-9-18(15)24-17-7-5-8-17/h3-4,6,9,13,17H,5,7-8,10-12H2,1-2H3,(H2,20,21,22). The molecule has 5 nitrogen and oxygen atoms in total. The third-order valence-electron chi connectivity index (χ3n) is 4.33. The molecular formula is C19H26N4OS. The van der Waals surface area contributed by atoms with Crippen molar-refractivity contribution in [3.63, 3.8) is 0 Å². The smallest absolute Gasteiger partial charge is 0.191 e. The predicted molar refractivity (Wildman–Crippen MR) is 103 cm³/mol. The van der Waals surface area contributed by atoms with Crippen molar-refractivity contribution >= 4 is 17.3 Å². The zero-order valence-corrected chi connectivity index (χ0v) is 15.7. The number of nitrogens with one attached hydrogen (secondary N) is 2. The molecule has 2 N–H and O–H groups in total. The molecule has 0 aliphatic heterocycles. The molecule has 1 aliphatic rings. The number of benzene rings is 1. The summed E-state index contributed by atoms with van der Waals surface area (Å²) in [5.41, 5.74) is 2.29. The fraction of sp³-hybridized carbons (Fsp3) is 0.474. The van der Waals surface area contributed by atoms with Crippen molar-refractivity contribution in [3.05, 3.63) is 45.9 Å². The Morgan fingerprint density at radius 3 is 2.84 bits per heavy atom. The number of rotatable bonds is 7. The SMILES string of the molecule is CN=C(NCCc1csc(C)n1)NCc1ccccc1OC1CCC1. The van der Waals surface area contributed by atoms with Crippen molar-refractivity contribution in [3.8, 4) is 5.75 Å². The highest BCUT2D eigenvalue weighted by Crippen LogP contribution is 2.27. The van der Waals surface area contributed by atoms with Gasteiger partial charge in [0.05, 0.1) is 16.8 Å². The van der Waals surface area contributed by atoms with Crippen LogP contribution in [0.3, 0.4) is 0 Å². The van der Waals surface area contributed by atoms with Gasteiger partial charge in [-0.05, 0) is 32.3 Å². The highest BCUT2D eigenvalue weighted by molar-refractivity contribution is 7.09. The maximum atomic E-state index is 6.08. The second-order valence-corrected chi connectivity index (χ2v) is 7.30. The molecule has 1 fully saturated rings. The summed E-state index contributed by atoms with van der Waals surface area (Å²) in [6.07, 6.45) is 4.90. The molecule has 1 aliphatic carbocycles. The van der Waals surface area contributed by atoms with Crippen LogP contribution in [0.5, 0.6) is 5.75 Å². The Morgan fingerprint density at radius 2 is 2.16 bits per heavy atom. The summed E-state index contributed by atoms with van der Waals surface area (Å²) >= 11 is 1.69. The molecule has 0 amide bonds. The topological polar surface area (TPSA) is 58.5 Å². The van der Waals surface area contributed by atoms with Gasteiger partial charge in [-0.15, -0.1) is 11.3 Å². The normalized spacial score (nSPS) is 14.9. The number of guanidine groups is 1. The van der Waals surface area contributed by atoms with Gasteiger partial charge in [-0.25, -0.2) is 4.98 Å². The first-order chi connectivity index (χ1) is 12.2. The van der Waals surface area contributed by atoms with Gasteiger partial charge in [0, 0.05) is 37.5 Å². The second-order valence-electron chi connectivity index (χ2n) is 6.24. The van der Waals surface area contributed by atoms with E-state index in [4.69, 9.17) is 4.74 Å². The average molecular weight is 359 g/mol. The highest BCUT2D eigenvalue weighted by Gasteiger charge is 2.20. The van der Waals surface area contributed by atoms with E-state index in [1.165, 1.54) is 19.3 Å². The Balaban J connectivity index is 1.47. The molecule has 0 saturated heterocycles. The lowest BCUT2D eigenvalue weighted by atomic mass is 9.96. The Kier molecular flexibility index (Phi) is 6.28. The van der Waals surface area contributed by atoms with E-state index in [1.54, 1.807) is 18.4 Å². The largest absolute Gasteiger partial charge is 0.490 e. The van der Waals surface area contributed by atoms with Gasteiger partial charge in [0.15, 0.2) is 5.96 Å². The molecule has 0 radical (unpaired) electrons. The number of aryl methyl sites for hydroxylation is 1. The molecule has 2 aromatic rings. The first-order valence-corrected chi connectivity index (χ1v) is 9.72. The molecular weight excluding hydrogens is 332 g/mol. The minimum Gasteiger partial charge on any atom is -0.490 e. The molecule has 134 valence electrons. The summed E-state index contributed by atoms with van der Waals surface area (Å²) in [7, 11) is 1.79. The van der Waals surface area contributed by atoms with E-state index in [0.29, 0.717) is 12.6 Å². The van der Waals surface area contributed by atoms with E-state index in [9.17, 15) is 0 Å². The van der Waals surface area contributed by atoms with Crippen molar-refractivity contribution in [1.29, 1.82) is 0 Å². The Bertz CT molecular complexity index is 709. The van der Waals surface area contributed by atoms with E-state index in [-0.39, 0.29) is 0 Å². The first-order valence-electron chi connectivity index (χ1n) is 8.84. The van der Waals surface area contributed by atoms with E-state index in [1.807, 2.05) is 19.1 Å². The van der Waals surface area contributed by atoms with Gasteiger partial charge in [0.1, 0.15) is 5.75 Å². The Morgan fingerprint density at radius 1 is 1.32 bits per heavy atom. The van der Waals surface area contributed by atoms with Crippen LogP contribution in [0.1, 0.15) is 35.5 Å². The van der Waals surface area contributed by atoms with Crippen LogP contribution >= 0.6 is 11.3 Å². The van der Waals surface area contributed by atoms with Crippen LogP contribution in [0.25, 0.3) is 0 Å². The van der Waals surface area contributed by atoms with Crippen LogP contribution in [0.2, 0.25) is 0 Å². The molecule has 3 rings (SSSR count). The third kappa shape index (κ3) is 5.19. The molecule has 1 aromatic carbocycles. The van der Waals surface area contributed by atoms with Crippen LogP contribution in [0.4, 0.5) is 0 Å². The van der Waals surface area contributed by atoms with E-state index < -0.39 is 0 Å². The number of thiazole rings is 1. The van der Waals surface area contributed by atoms with Gasteiger partial charge in [-0.3, -0.25) is 4.99 Å². The molecule has 1 aromatic heterocycles. The van der Waals surface area contributed by atoms with Crippen molar-refractivity contribution in [2.24, 2.45) is 4.99 Å².